The molecule has 3 rings (SSSR count). The minimum Gasteiger partial charge on any atom is -0.447 e. The molecule has 0 aliphatic carbocycles. The molecule has 2 aliphatic heterocycles. The molecule has 0 unspecified atom stereocenters. The third-order valence-electron chi connectivity index (χ3n) is 7.09. The van der Waals surface area contributed by atoms with E-state index < -0.39 is 49.1 Å². The Labute approximate surface area is 222 Å². The van der Waals surface area contributed by atoms with Crippen LogP contribution in [0.4, 0.5) is 13.6 Å². The second-order valence-corrected chi connectivity index (χ2v) is 10.5. The number of alkyl carbamates (subject to hydrolysis) is 1. The number of amides is 2. The lowest BCUT2D eigenvalue weighted by molar-refractivity contribution is -0.131. The third-order valence-corrected chi connectivity index (χ3v) is 7.09. The zero-order valence-electron chi connectivity index (χ0n) is 21.8. The largest absolute Gasteiger partial charge is 0.475 e. The molecule has 1 aromatic carbocycles. The summed E-state index contributed by atoms with van der Waals surface area (Å²) < 4.78 is 32.8. The Bertz CT molecular complexity index is 1050. The summed E-state index contributed by atoms with van der Waals surface area (Å²) in [6, 6.07) is 10.5. The summed E-state index contributed by atoms with van der Waals surface area (Å²) in [5.74, 6) is -4.33. The Morgan fingerprint density at radius 1 is 1.29 bits per heavy atom. The summed E-state index contributed by atoms with van der Waals surface area (Å²) >= 11 is 0. The molecule has 1 aromatic rings. The van der Waals surface area contributed by atoms with E-state index in [0.29, 0.717) is 19.4 Å². The highest BCUT2D eigenvalue weighted by molar-refractivity contribution is 6.43. The molecule has 0 radical (unpaired) electrons. The van der Waals surface area contributed by atoms with Gasteiger partial charge in [-0.3, -0.25) is 9.69 Å². The van der Waals surface area contributed by atoms with E-state index in [1.807, 2.05) is 12.1 Å². The zero-order valence-corrected chi connectivity index (χ0v) is 21.8. The van der Waals surface area contributed by atoms with Gasteiger partial charge in [-0.1, -0.05) is 30.3 Å². The third kappa shape index (κ3) is 8.00. The van der Waals surface area contributed by atoms with Gasteiger partial charge in [0.15, 0.2) is 0 Å². The number of carbonyl (C=O) groups is 2. The average Bonchev–Trinajstić information content (AvgIpc) is 3.26. The average molecular weight is 532 g/mol. The van der Waals surface area contributed by atoms with Gasteiger partial charge in [-0.25, -0.2) is 13.6 Å². The van der Waals surface area contributed by atoms with Crippen LogP contribution in [0.15, 0.2) is 42.0 Å². The lowest BCUT2D eigenvalue weighted by Crippen LogP contribution is -2.50. The number of piperidine rings is 1. The van der Waals surface area contributed by atoms with E-state index in [9.17, 15) is 33.7 Å². The highest BCUT2D eigenvalue weighted by atomic mass is 19.3. The molecular formula is C26H35BF2N4O5. The standard InChI is InChI=1S/C26H35BF2N4O5/c1-25(2,32-13-11-26(28,29)18-32)15-20(16-30)23(34)33-12-7-6-10-21(33)17-38-24(35)31-22(27(36)37)14-19-8-4-3-5-9-19/h3-5,8-9,15,21-22,36-37H,6-7,10-14,17-18H2,1-2H3,(H,31,35)/t21-,22+/m1/s1. The Hall–Kier alpha value is -3.01. The molecule has 2 heterocycles. The molecule has 206 valence electrons. The predicted molar refractivity (Wildman–Crippen MR) is 137 cm³/mol. The number of alkyl halides is 2. The van der Waals surface area contributed by atoms with E-state index in [1.54, 1.807) is 43.0 Å². The molecular weight excluding hydrogens is 497 g/mol. The number of carbonyl (C=O) groups excluding carboxylic acids is 2. The fourth-order valence-corrected chi connectivity index (χ4v) is 4.87. The fourth-order valence-electron chi connectivity index (χ4n) is 4.87. The molecule has 9 nitrogen and oxygen atoms in total. The lowest BCUT2D eigenvalue weighted by atomic mass is 9.76. The monoisotopic (exact) mass is 532 g/mol. The summed E-state index contributed by atoms with van der Waals surface area (Å²) in [6.07, 6.45) is 2.55. The first-order chi connectivity index (χ1) is 17.9. The number of halogens is 2. The summed E-state index contributed by atoms with van der Waals surface area (Å²) in [6.45, 7) is 3.33. The van der Waals surface area contributed by atoms with Crippen LogP contribution in [0.2, 0.25) is 0 Å². The Kier molecular flexibility index (Phi) is 9.87. The molecule has 0 aromatic heterocycles. The van der Waals surface area contributed by atoms with Crippen molar-refractivity contribution >= 4 is 19.1 Å². The van der Waals surface area contributed by atoms with E-state index in [1.165, 1.54) is 11.0 Å². The Balaban J connectivity index is 1.63. The van der Waals surface area contributed by atoms with Crippen molar-refractivity contribution in [1.29, 1.82) is 5.26 Å². The molecule has 2 aliphatic rings. The van der Waals surface area contributed by atoms with Crippen LogP contribution in [-0.2, 0) is 16.0 Å². The van der Waals surface area contributed by atoms with Crippen LogP contribution >= 0.6 is 0 Å². The summed E-state index contributed by atoms with van der Waals surface area (Å²) in [5, 5.41) is 31.6. The van der Waals surface area contributed by atoms with Gasteiger partial charge in [0, 0.05) is 25.0 Å². The topological polar surface area (TPSA) is 126 Å². The molecule has 0 spiro atoms. The minimum atomic E-state index is -2.80. The smallest absolute Gasteiger partial charge is 0.447 e. The van der Waals surface area contributed by atoms with Gasteiger partial charge in [0.2, 0.25) is 0 Å². The van der Waals surface area contributed by atoms with Crippen molar-refractivity contribution in [2.75, 3.05) is 26.2 Å². The molecule has 0 bridgehead atoms. The lowest BCUT2D eigenvalue weighted by Gasteiger charge is -2.36. The van der Waals surface area contributed by atoms with E-state index in [4.69, 9.17) is 4.74 Å². The number of ether oxygens (including phenoxy) is 1. The number of nitrogens with one attached hydrogen (secondary N) is 1. The van der Waals surface area contributed by atoms with E-state index in [0.717, 1.165) is 12.0 Å². The van der Waals surface area contributed by atoms with Crippen molar-refractivity contribution < 1.29 is 33.2 Å². The van der Waals surface area contributed by atoms with Crippen molar-refractivity contribution in [2.24, 2.45) is 0 Å². The Morgan fingerprint density at radius 3 is 2.61 bits per heavy atom. The molecule has 2 fully saturated rings. The number of rotatable bonds is 9. The number of hydrogen-bond donors (Lipinski definition) is 3. The Morgan fingerprint density at radius 2 is 2.00 bits per heavy atom. The van der Waals surface area contributed by atoms with Crippen LogP contribution in [0.25, 0.3) is 0 Å². The number of nitriles is 1. The maximum atomic E-state index is 13.8. The van der Waals surface area contributed by atoms with Crippen molar-refractivity contribution in [3.05, 3.63) is 47.5 Å². The van der Waals surface area contributed by atoms with Crippen LogP contribution in [0, 0.1) is 11.3 Å². The van der Waals surface area contributed by atoms with Gasteiger partial charge in [0.25, 0.3) is 11.8 Å². The molecule has 0 saturated carbocycles. The van der Waals surface area contributed by atoms with Crippen LogP contribution < -0.4 is 5.32 Å². The van der Waals surface area contributed by atoms with Gasteiger partial charge in [-0.05, 0) is 51.2 Å². The van der Waals surface area contributed by atoms with Gasteiger partial charge < -0.3 is 25.0 Å². The highest BCUT2D eigenvalue weighted by Gasteiger charge is 2.43. The first-order valence-corrected chi connectivity index (χ1v) is 12.8. The number of nitrogens with zero attached hydrogens (tertiary/aromatic N) is 3. The zero-order chi connectivity index (χ0) is 27.9. The van der Waals surface area contributed by atoms with Gasteiger partial charge in [-0.2, -0.15) is 5.26 Å². The maximum absolute atomic E-state index is 13.8. The number of hydrogen-bond acceptors (Lipinski definition) is 7. The van der Waals surface area contributed by atoms with Gasteiger partial charge in [0.05, 0.1) is 18.5 Å². The summed E-state index contributed by atoms with van der Waals surface area (Å²) in [4.78, 5) is 28.8. The van der Waals surface area contributed by atoms with E-state index in [-0.39, 0.29) is 31.6 Å². The van der Waals surface area contributed by atoms with Crippen LogP contribution in [-0.4, -0.2) is 88.7 Å². The van der Waals surface area contributed by atoms with Crippen molar-refractivity contribution in [3.63, 3.8) is 0 Å². The molecule has 2 atom stereocenters. The second kappa shape index (κ2) is 12.7. The summed E-state index contributed by atoms with van der Waals surface area (Å²) in [7, 11) is -1.81. The molecule has 12 heteroatoms. The van der Waals surface area contributed by atoms with Crippen LogP contribution in [0.3, 0.4) is 0 Å². The molecule has 38 heavy (non-hydrogen) atoms. The molecule has 2 amide bonds. The quantitative estimate of drug-likeness (QED) is 0.253. The first kappa shape index (κ1) is 29.5. The van der Waals surface area contributed by atoms with E-state index >= 15 is 0 Å². The van der Waals surface area contributed by atoms with Crippen LogP contribution in [0.1, 0.15) is 45.1 Å². The SMILES string of the molecule is CC(C)(C=C(C#N)C(=O)N1CCCC[C@@H]1COC(=O)N[C@@H](Cc1ccccc1)B(O)O)N1CCC(F)(F)C1. The van der Waals surface area contributed by atoms with Crippen LogP contribution in [0.5, 0.6) is 0 Å². The van der Waals surface area contributed by atoms with Gasteiger partial charge in [0.1, 0.15) is 18.2 Å². The van der Waals surface area contributed by atoms with Crippen molar-refractivity contribution in [2.45, 2.75) is 69.4 Å². The van der Waals surface area contributed by atoms with Gasteiger partial charge >= 0.3 is 13.2 Å². The first-order valence-electron chi connectivity index (χ1n) is 12.8. The second-order valence-electron chi connectivity index (χ2n) is 10.5. The minimum absolute atomic E-state index is 0.141. The highest BCUT2D eigenvalue weighted by Crippen LogP contribution is 2.33. The van der Waals surface area contributed by atoms with Crippen molar-refractivity contribution in [3.8, 4) is 6.07 Å². The number of benzene rings is 1. The predicted octanol–water partition coefficient (Wildman–Crippen LogP) is 2.29. The normalized spacial score (nSPS) is 20.9. The van der Waals surface area contributed by atoms with Gasteiger partial charge in [-0.15, -0.1) is 0 Å². The van der Waals surface area contributed by atoms with Crippen molar-refractivity contribution in [1.82, 2.24) is 15.1 Å². The maximum Gasteiger partial charge on any atom is 0.475 e. The number of likely N-dealkylation sites (tertiary alicyclic amines) is 2. The fraction of sp³-hybridized carbons (Fsp3) is 0.577. The van der Waals surface area contributed by atoms with E-state index in [2.05, 4.69) is 5.32 Å². The molecule has 3 N–H and O–H groups in total. The molecule has 2 saturated heterocycles. The summed E-state index contributed by atoms with van der Waals surface area (Å²) in [5.41, 5.74) is -0.277.